The molecule has 1 atom stereocenters. The first kappa shape index (κ1) is 18.3. The van der Waals surface area contributed by atoms with Gasteiger partial charge in [0.25, 0.3) is 0 Å². The summed E-state index contributed by atoms with van der Waals surface area (Å²) in [6.45, 7) is 3.61. The van der Waals surface area contributed by atoms with Crippen molar-refractivity contribution < 1.29 is 4.74 Å². The second-order valence-corrected chi connectivity index (χ2v) is 7.52. The Hall–Kier alpha value is -1.46. The van der Waals surface area contributed by atoms with Crippen molar-refractivity contribution in [3.63, 3.8) is 0 Å². The summed E-state index contributed by atoms with van der Waals surface area (Å²) < 4.78 is 5.57. The Bertz CT molecular complexity index is 587. The van der Waals surface area contributed by atoms with E-state index < -0.39 is 0 Å². The Morgan fingerprint density at radius 1 is 1.12 bits per heavy atom. The van der Waals surface area contributed by atoms with E-state index in [1.165, 1.54) is 37.7 Å². The minimum Gasteiger partial charge on any atom is -0.376 e. The number of hydrogen-bond donors (Lipinski definition) is 2. The molecule has 2 N–H and O–H groups in total. The lowest BCUT2D eigenvalue weighted by atomic mass is 9.84. The van der Waals surface area contributed by atoms with Crippen molar-refractivity contribution in [1.82, 2.24) is 10.7 Å². The lowest BCUT2D eigenvalue weighted by Crippen LogP contribution is -2.37. The molecular formula is C20H29N3OS. The van der Waals surface area contributed by atoms with Gasteiger partial charge in [-0.2, -0.15) is 5.10 Å². The van der Waals surface area contributed by atoms with E-state index in [4.69, 9.17) is 17.0 Å². The van der Waals surface area contributed by atoms with Crippen LogP contribution >= 0.6 is 12.2 Å². The van der Waals surface area contributed by atoms with E-state index in [0.717, 1.165) is 43.2 Å². The molecule has 0 spiro atoms. The van der Waals surface area contributed by atoms with Crippen LogP contribution in [0, 0.1) is 0 Å². The summed E-state index contributed by atoms with van der Waals surface area (Å²) in [7, 11) is 0. The second kappa shape index (κ2) is 9.30. The molecule has 1 unspecified atom stereocenters. The van der Waals surface area contributed by atoms with E-state index in [2.05, 4.69) is 40.1 Å². The standard InChI is InChI=1S/C20H29N3OS/c1-15(22-23-20(25)21-14-19-8-5-13-24-19)16-9-11-18(12-10-16)17-6-3-2-4-7-17/h9-12,17,19H,2-8,13-14H2,1H3,(H2,21,23,25)/b22-15+. The number of nitrogens with one attached hydrogen (secondary N) is 2. The maximum Gasteiger partial charge on any atom is 0.187 e. The Balaban J connectivity index is 1.48. The highest BCUT2D eigenvalue weighted by atomic mass is 32.1. The summed E-state index contributed by atoms with van der Waals surface area (Å²) in [6, 6.07) is 8.87. The molecule has 2 fully saturated rings. The van der Waals surface area contributed by atoms with Crippen LogP contribution in [0.5, 0.6) is 0 Å². The smallest absolute Gasteiger partial charge is 0.187 e. The highest BCUT2D eigenvalue weighted by molar-refractivity contribution is 7.80. The highest BCUT2D eigenvalue weighted by Gasteiger charge is 2.16. The van der Waals surface area contributed by atoms with E-state index in [0.29, 0.717) is 5.11 Å². The third-order valence-corrected chi connectivity index (χ3v) is 5.48. The molecule has 1 aliphatic heterocycles. The quantitative estimate of drug-likeness (QED) is 0.472. The number of thiocarbonyl (C=S) groups is 1. The van der Waals surface area contributed by atoms with Gasteiger partial charge >= 0.3 is 0 Å². The largest absolute Gasteiger partial charge is 0.376 e. The molecule has 4 nitrogen and oxygen atoms in total. The first-order chi connectivity index (χ1) is 12.2. The molecule has 5 heteroatoms. The van der Waals surface area contributed by atoms with Crippen molar-refractivity contribution in [3.05, 3.63) is 35.4 Å². The third-order valence-electron chi connectivity index (χ3n) is 5.24. The molecule has 1 aromatic carbocycles. The molecule has 1 aliphatic carbocycles. The molecule has 0 aromatic heterocycles. The molecule has 1 heterocycles. The molecule has 0 bridgehead atoms. The summed E-state index contributed by atoms with van der Waals surface area (Å²) >= 11 is 5.28. The molecular weight excluding hydrogens is 330 g/mol. The lowest BCUT2D eigenvalue weighted by molar-refractivity contribution is 0.114. The lowest BCUT2D eigenvalue weighted by Gasteiger charge is -2.22. The van der Waals surface area contributed by atoms with Gasteiger partial charge in [-0.25, -0.2) is 0 Å². The van der Waals surface area contributed by atoms with Gasteiger partial charge in [-0.3, -0.25) is 5.43 Å². The van der Waals surface area contributed by atoms with Gasteiger partial charge in [-0.1, -0.05) is 43.5 Å². The summed E-state index contributed by atoms with van der Waals surface area (Å²) in [4.78, 5) is 0. The van der Waals surface area contributed by atoms with Gasteiger partial charge in [0.05, 0.1) is 11.8 Å². The van der Waals surface area contributed by atoms with E-state index in [1.54, 1.807) is 0 Å². The summed E-state index contributed by atoms with van der Waals surface area (Å²) in [5.41, 5.74) is 6.48. The number of hydrogen-bond acceptors (Lipinski definition) is 3. The summed E-state index contributed by atoms with van der Waals surface area (Å²) in [5.74, 6) is 0.743. The second-order valence-electron chi connectivity index (χ2n) is 7.11. The van der Waals surface area contributed by atoms with Gasteiger partial charge in [0, 0.05) is 13.2 Å². The normalized spacial score (nSPS) is 22.0. The van der Waals surface area contributed by atoms with Crippen LogP contribution in [0.2, 0.25) is 0 Å². The number of nitrogens with zero attached hydrogens (tertiary/aromatic N) is 1. The molecule has 3 rings (SSSR count). The van der Waals surface area contributed by atoms with E-state index >= 15 is 0 Å². The zero-order valence-corrected chi connectivity index (χ0v) is 15.9. The Labute approximate surface area is 156 Å². The predicted octanol–water partition coefficient (Wildman–Crippen LogP) is 4.10. The van der Waals surface area contributed by atoms with Crippen molar-refractivity contribution >= 4 is 23.0 Å². The van der Waals surface area contributed by atoms with Gasteiger partial charge < -0.3 is 10.1 Å². The van der Waals surface area contributed by atoms with Gasteiger partial charge in [-0.05, 0) is 61.9 Å². The van der Waals surface area contributed by atoms with Crippen LogP contribution in [0.3, 0.4) is 0 Å². The topological polar surface area (TPSA) is 45.7 Å². The minimum absolute atomic E-state index is 0.275. The monoisotopic (exact) mass is 359 g/mol. The van der Waals surface area contributed by atoms with Crippen LogP contribution in [0.15, 0.2) is 29.4 Å². The molecule has 2 aliphatic rings. The summed E-state index contributed by atoms with van der Waals surface area (Å²) in [6.07, 6.45) is 9.31. The Kier molecular flexibility index (Phi) is 6.82. The van der Waals surface area contributed by atoms with Gasteiger partial charge in [0.15, 0.2) is 5.11 Å². The number of ether oxygens (including phenoxy) is 1. The Morgan fingerprint density at radius 3 is 2.56 bits per heavy atom. The molecule has 1 saturated heterocycles. The fraction of sp³-hybridized carbons (Fsp3) is 0.600. The fourth-order valence-corrected chi connectivity index (χ4v) is 3.81. The van der Waals surface area contributed by atoms with Crippen LogP contribution in [0.1, 0.15) is 68.9 Å². The molecule has 1 saturated carbocycles. The first-order valence-corrected chi connectivity index (χ1v) is 9.93. The Morgan fingerprint density at radius 2 is 1.88 bits per heavy atom. The van der Waals surface area contributed by atoms with Crippen LogP contribution in [-0.2, 0) is 4.74 Å². The molecule has 0 radical (unpaired) electrons. The van der Waals surface area contributed by atoms with Crippen LogP contribution < -0.4 is 10.7 Å². The SMILES string of the molecule is C/C(=N\NC(=S)NCC1CCCO1)c1ccc(C2CCCCC2)cc1. The van der Waals surface area contributed by atoms with Crippen molar-refractivity contribution in [3.8, 4) is 0 Å². The molecule has 25 heavy (non-hydrogen) atoms. The van der Waals surface area contributed by atoms with Crippen LogP contribution in [0.25, 0.3) is 0 Å². The molecule has 1 aromatic rings. The zero-order chi connectivity index (χ0) is 17.5. The van der Waals surface area contributed by atoms with E-state index in [9.17, 15) is 0 Å². The maximum absolute atomic E-state index is 5.57. The number of hydrazone groups is 1. The van der Waals surface area contributed by atoms with E-state index in [-0.39, 0.29) is 6.10 Å². The molecule has 136 valence electrons. The summed E-state index contributed by atoms with van der Waals surface area (Å²) in [5, 5.41) is 8.13. The van der Waals surface area contributed by atoms with Crippen molar-refractivity contribution in [2.24, 2.45) is 5.10 Å². The number of benzene rings is 1. The van der Waals surface area contributed by atoms with Crippen LogP contribution in [0.4, 0.5) is 0 Å². The third kappa shape index (κ3) is 5.51. The highest BCUT2D eigenvalue weighted by Crippen LogP contribution is 2.32. The predicted molar refractivity (Wildman–Crippen MR) is 107 cm³/mol. The van der Waals surface area contributed by atoms with Gasteiger partial charge in [0.2, 0.25) is 0 Å². The van der Waals surface area contributed by atoms with Gasteiger partial charge in [-0.15, -0.1) is 0 Å². The maximum atomic E-state index is 5.57. The number of rotatable bonds is 5. The van der Waals surface area contributed by atoms with Crippen molar-refractivity contribution in [2.75, 3.05) is 13.2 Å². The van der Waals surface area contributed by atoms with E-state index in [1.807, 2.05) is 6.92 Å². The van der Waals surface area contributed by atoms with Crippen LogP contribution in [-0.4, -0.2) is 30.1 Å². The molecule has 0 amide bonds. The minimum atomic E-state index is 0.275. The van der Waals surface area contributed by atoms with Crippen molar-refractivity contribution in [2.45, 2.75) is 63.9 Å². The first-order valence-electron chi connectivity index (χ1n) is 9.52. The van der Waals surface area contributed by atoms with Gasteiger partial charge in [0.1, 0.15) is 0 Å². The fourth-order valence-electron chi connectivity index (χ4n) is 3.68. The average molecular weight is 360 g/mol. The van der Waals surface area contributed by atoms with Crippen molar-refractivity contribution in [1.29, 1.82) is 0 Å². The average Bonchev–Trinajstić information content (AvgIpc) is 3.19. The zero-order valence-electron chi connectivity index (χ0n) is 15.1.